The molecule has 142 valence electrons. The topological polar surface area (TPSA) is 79.4 Å². The molecule has 1 amide bonds. The SMILES string of the molecule is O=C(Nc1cccnc1)[C@@H]1CCS(=O)(=O)[C@@H]2CN(Cc3ccccc3)C[C@@H]21. The molecule has 2 aliphatic rings. The Balaban J connectivity index is 1.50. The van der Waals surface area contributed by atoms with E-state index in [1.807, 2.05) is 30.3 Å². The molecule has 6 nitrogen and oxygen atoms in total. The van der Waals surface area contributed by atoms with Crippen LogP contribution in [0.4, 0.5) is 5.69 Å². The van der Waals surface area contributed by atoms with Crippen molar-refractivity contribution in [3.63, 3.8) is 0 Å². The molecule has 0 spiro atoms. The summed E-state index contributed by atoms with van der Waals surface area (Å²) in [6.07, 6.45) is 3.64. The highest BCUT2D eigenvalue weighted by molar-refractivity contribution is 7.92. The van der Waals surface area contributed by atoms with Crippen LogP contribution in [0.5, 0.6) is 0 Å². The Bertz CT molecular complexity index is 903. The third-order valence-electron chi connectivity index (χ3n) is 5.59. The fourth-order valence-electron chi connectivity index (χ4n) is 4.27. The molecule has 0 radical (unpaired) electrons. The summed E-state index contributed by atoms with van der Waals surface area (Å²) in [5.41, 5.74) is 1.80. The highest BCUT2D eigenvalue weighted by atomic mass is 32.2. The Kier molecular flexibility index (Phi) is 4.97. The molecule has 4 rings (SSSR count). The molecule has 2 aromatic rings. The van der Waals surface area contributed by atoms with Gasteiger partial charge in [-0.15, -0.1) is 0 Å². The number of carbonyl (C=O) groups excluding carboxylic acids is 1. The van der Waals surface area contributed by atoms with Gasteiger partial charge in [0.05, 0.1) is 22.9 Å². The van der Waals surface area contributed by atoms with Gasteiger partial charge >= 0.3 is 0 Å². The van der Waals surface area contributed by atoms with Crippen LogP contribution in [0.15, 0.2) is 54.9 Å². The van der Waals surface area contributed by atoms with Crippen molar-refractivity contribution in [1.29, 1.82) is 0 Å². The summed E-state index contributed by atoms with van der Waals surface area (Å²) in [5.74, 6) is -0.476. The number of anilines is 1. The molecule has 1 N–H and O–H groups in total. The van der Waals surface area contributed by atoms with Gasteiger partial charge in [-0.1, -0.05) is 30.3 Å². The van der Waals surface area contributed by atoms with Crippen LogP contribution < -0.4 is 5.32 Å². The molecular formula is C20H23N3O3S. The Hall–Kier alpha value is -2.25. The van der Waals surface area contributed by atoms with Gasteiger partial charge in [0.2, 0.25) is 5.91 Å². The minimum Gasteiger partial charge on any atom is -0.324 e. The smallest absolute Gasteiger partial charge is 0.227 e. The van der Waals surface area contributed by atoms with E-state index in [0.717, 1.165) is 5.56 Å². The predicted molar refractivity (Wildman–Crippen MR) is 104 cm³/mol. The first kappa shape index (κ1) is 18.1. The Morgan fingerprint density at radius 3 is 2.70 bits per heavy atom. The van der Waals surface area contributed by atoms with Crippen LogP contribution in [0.3, 0.4) is 0 Å². The lowest BCUT2D eigenvalue weighted by Gasteiger charge is -2.31. The number of hydrogen-bond acceptors (Lipinski definition) is 5. The van der Waals surface area contributed by atoms with Gasteiger partial charge in [-0.3, -0.25) is 14.7 Å². The number of sulfone groups is 1. The fraction of sp³-hybridized carbons (Fsp3) is 0.400. The maximum Gasteiger partial charge on any atom is 0.227 e. The molecule has 1 aromatic heterocycles. The highest BCUT2D eigenvalue weighted by Crippen LogP contribution is 2.38. The van der Waals surface area contributed by atoms with Crippen molar-refractivity contribution < 1.29 is 13.2 Å². The molecule has 7 heteroatoms. The van der Waals surface area contributed by atoms with Crippen LogP contribution in [0, 0.1) is 11.8 Å². The zero-order chi connectivity index (χ0) is 18.9. The zero-order valence-electron chi connectivity index (χ0n) is 15.0. The first-order valence-electron chi connectivity index (χ1n) is 9.22. The first-order chi connectivity index (χ1) is 13.0. The summed E-state index contributed by atoms with van der Waals surface area (Å²) < 4.78 is 25.2. The van der Waals surface area contributed by atoms with Gasteiger partial charge in [0.25, 0.3) is 0 Å². The molecule has 0 unspecified atom stereocenters. The molecule has 0 aliphatic carbocycles. The predicted octanol–water partition coefficient (Wildman–Crippen LogP) is 1.96. The van der Waals surface area contributed by atoms with Crippen LogP contribution in [0.2, 0.25) is 0 Å². The van der Waals surface area contributed by atoms with Crippen molar-refractivity contribution in [2.75, 3.05) is 24.2 Å². The van der Waals surface area contributed by atoms with Crippen molar-refractivity contribution in [1.82, 2.24) is 9.88 Å². The van der Waals surface area contributed by atoms with Crippen molar-refractivity contribution in [2.45, 2.75) is 18.2 Å². The second-order valence-corrected chi connectivity index (χ2v) is 9.71. The van der Waals surface area contributed by atoms with Crippen LogP contribution in [-0.4, -0.2) is 48.3 Å². The first-order valence-corrected chi connectivity index (χ1v) is 10.9. The van der Waals surface area contributed by atoms with E-state index < -0.39 is 15.1 Å². The second kappa shape index (κ2) is 7.40. The van der Waals surface area contributed by atoms with Crippen LogP contribution in [-0.2, 0) is 21.2 Å². The normalized spacial score (nSPS) is 27.0. The van der Waals surface area contributed by atoms with E-state index in [0.29, 0.717) is 31.7 Å². The number of rotatable bonds is 4. The Labute approximate surface area is 159 Å². The number of amides is 1. The number of pyridine rings is 1. The van der Waals surface area contributed by atoms with E-state index in [9.17, 15) is 13.2 Å². The van der Waals surface area contributed by atoms with Crippen LogP contribution in [0.25, 0.3) is 0 Å². The lowest BCUT2D eigenvalue weighted by Crippen LogP contribution is -2.45. The molecule has 3 heterocycles. The number of fused-ring (bicyclic) bond motifs is 1. The van der Waals surface area contributed by atoms with Gasteiger partial charge in [-0.2, -0.15) is 0 Å². The van der Waals surface area contributed by atoms with Crippen molar-refractivity contribution in [2.24, 2.45) is 11.8 Å². The molecular weight excluding hydrogens is 362 g/mol. The molecule has 0 bridgehead atoms. The largest absolute Gasteiger partial charge is 0.324 e. The Morgan fingerprint density at radius 1 is 1.15 bits per heavy atom. The van der Waals surface area contributed by atoms with E-state index in [1.54, 1.807) is 24.5 Å². The summed E-state index contributed by atoms with van der Waals surface area (Å²) in [4.78, 5) is 19.0. The number of carbonyl (C=O) groups is 1. The van der Waals surface area contributed by atoms with Gasteiger partial charge in [0.1, 0.15) is 0 Å². The average Bonchev–Trinajstić information content (AvgIpc) is 3.08. The van der Waals surface area contributed by atoms with E-state index in [1.165, 1.54) is 0 Å². The molecule has 2 aliphatic heterocycles. The van der Waals surface area contributed by atoms with Crippen molar-refractivity contribution in [3.05, 3.63) is 60.4 Å². The molecule has 0 saturated carbocycles. The van der Waals surface area contributed by atoms with Gasteiger partial charge in [0.15, 0.2) is 9.84 Å². The van der Waals surface area contributed by atoms with E-state index in [-0.39, 0.29) is 23.5 Å². The van der Waals surface area contributed by atoms with E-state index >= 15 is 0 Å². The molecule has 2 saturated heterocycles. The maximum absolute atomic E-state index is 12.8. The number of nitrogens with one attached hydrogen (secondary N) is 1. The molecule has 1 aromatic carbocycles. The fourth-order valence-corrected chi connectivity index (χ4v) is 6.40. The standard InChI is InChI=1S/C20H23N3O3S/c24-20(22-16-7-4-9-21-11-16)17-8-10-27(25,26)19-14-23(13-18(17)19)12-15-5-2-1-3-6-15/h1-7,9,11,17-19H,8,10,12-14H2,(H,22,24)/t17-,18-,19-/m1/s1. The van der Waals surface area contributed by atoms with E-state index in [2.05, 4.69) is 15.2 Å². The third-order valence-corrected chi connectivity index (χ3v) is 7.82. The summed E-state index contributed by atoms with van der Waals surface area (Å²) in [7, 11) is -3.16. The molecule has 3 atom stereocenters. The summed E-state index contributed by atoms with van der Waals surface area (Å²) in [6, 6.07) is 13.6. The quantitative estimate of drug-likeness (QED) is 0.870. The minimum absolute atomic E-state index is 0.0818. The van der Waals surface area contributed by atoms with Gasteiger partial charge in [-0.05, 0) is 24.1 Å². The van der Waals surface area contributed by atoms with Gasteiger partial charge < -0.3 is 5.32 Å². The molecule has 2 fully saturated rings. The molecule has 27 heavy (non-hydrogen) atoms. The Morgan fingerprint density at radius 2 is 1.96 bits per heavy atom. The van der Waals surface area contributed by atoms with Crippen molar-refractivity contribution >= 4 is 21.4 Å². The third kappa shape index (κ3) is 3.89. The van der Waals surface area contributed by atoms with Gasteiger partial charge in [0, 0.05) is 37.7 Å². The monoisotopic (exact) mass is 385 g/mol. The summed E-state index contributed by atoms with van der Waals surface area (Å²) >= 11 is 0. The maximum atomic E-state index is 12.8. The number of nitrogens with zero attached hydrogens (tertiary/aromatic N) is 2. The van der Waals surface area contributed by atoms with Crippen LogP contribution in [0.1, 0.15) is 12.0 Å². The number of benzene rings is 1. The van der Waals surface area contributed by atoms with Gasteiger partial charge in [-0.25, -0.2) is 8.42 Å². The summed E-state index contributed by atoms with van der Waals surface area (Å²) in [6.45, 7) is 1.84. The summed E-state index contributed by atoms with van der Waals surface area (Å²) in [5, 5.41) is 2.44. The number of likely N-dealkylation sites (tertiary alicyclic amines) is 1. The zero-order valence-corrected chi connectivity index (χ0v) is 15.8. The number of aromatic nitrogens is 1. The lowest BCUT2D eigenvalue weighted by atomic mass is 9.87. The lowest BCUT2D eigenvalue weighted by molar-refractivity contribution is -0.121. The van der Waals surface area contributed by atoms with Crippen molar-refractivity contribution in [3.8, 4) is 0 Å². The highest BCUT2D eigenvalue weighted by Gasteiger charge is 2.50. The van der Waals surface area contributed by atoms with Crippen LogP contribution >= 0.6 is 0 Å². The average molecular weight is 385 g/mol. The minimum atomic E-state index is -3.16. The number of hydrogen-bond donors (Lipinski definition) is 1. The second-order valence-electron chi connectivity index (χ2n) is 7.38. The van der Waals surface area contributed by atoms with E-state index in [4.69, 9.17) is 0 Å².